The first kappa shape index (κ1) is 7.77. The fourth-order valence-electron chi connectivity index (χ4n) is 1.61. The summed E-state index contributed by atoms with van der Waals surface area (Å²) in [6, 6.07) is 10.5. The Balaban J connectivity index is 2.19. The van der Waals surface area contributed by atoms with Gasteiger partial charge in [-0.25, -0.2) is 0 Å². The van der Waals surface area contributed by atoms with Gasteiger partial charge in [0.15, 0.2) is 0 Å². The Morgan fingerprint density at radius 3 is 2.50 bits per heavy atom. The van der Waals surface area contributed by atoms with E-state index >= 15 is 0 Å². The van der Waals surface area contributed by atoms with E-state index in [0.717, 1.165) is 6.61 Å². The van der Waals surface area contributed by atoms with Gasteiger partial charge in [-0.2, -0.15) is 0 Å². The minimum atomic E-state index is 0.174. The number of hydrogen-bond acceptors (Lipinski definition) is 2. The van der Waals surface area contributed by atoms with Crippen LogP contribution in [0.15, 0.2) is 30.3 Å². The van der Waals surface area contributed by atoms with E-state index in [9.17, 15) is 0 Å². The van der Waals surface area contributed by atoms with Crippen LogP contribution in [0.4, 0.5) is 0 Å². The third-order valence-corrected chi connectivity index (χ3v) is 2.35. The minimum Gasteiger partial charge on any atom is -0.379 e. The fraction of sp³-hybridized carbons (Fsp3) is 0.400. The van der Waals surface area contributed by atoms with Gasteiger partial charge in [-0.3, -0.25) is 0 Å². The van der Waals surface area contributed by atoms with Crippen molar-refractivity contribution in [2.24, 2.45) is 5.73 Å². The highest BCUT2D eigenvalue weighted by Crippen LogP contribution is 2.23. The van der Waals surface area contributed by atoms with Gasteiger partial charge in [-0.05, 0) is 5.56 Å². The van der Waals surface area contributed by atoms with Crippen LogP contribution in [0.2, 0.25) is 0 Å². The van der Waals surface area contributed by atoms with Crippen LogP contribution in [0, 0.1) is 0 Å². The summed E-state index contributed by atoms with van der Waals surface area (Å²) in [5.41, 5.74) is 7.18. The Morgan fingerprint density at radius 1 is 1.17 bits per heavy atom. The average Bonchev–Trinajstić information content (AvgIpc) is 2.53. The zero-order valence-electron chi connectivity index (χ0n) is 6.94. The van der Waals surface area contributed by atoms with E-state index in [0.29, 0.717) is 12.5 Å². The zero-order chi connectivity index (χ0) is 8.39. The Labute approximate surface area is 72.3 Å². The van der Waals surface area contributed by atoms with E-state index < -0.39 is 0 Å². The normalized spacial score (nSPS) is 29.1. The molecule has 0 radical (unpaired) electrons. The second-order valence-corrected chi connectivity index (χ2v) is 3.22. The van der Waals surface area contributed by atoms with E-state index in [1.165, 1.54) is 5.56 Å². The van der Waals surface area contributed by atoms with Crippen LogP contribution in [-0.2, 0) is 4.74 Å². The van der Waals surface area contributed by atoms with Gasteiger partial charge in [0.25, 0.3) is 0 Å². The third kappa shape index (κ3) is 1.36. The maximum absolute atomic E-state index is 5.89. The number of nitrogens with two attached hydrogens (primary N) is 1. The van der Waals surface area contributed by atoms with E-state index in [4.69, 9.17) is 10.5 Å². The van der Waals surface area contributed by atoms with Crippen molar-refractivity contribution >= 4 is 0 Å². The quantitative estimate of drug-likeness (QED) is 0.673. The number of hydrogen-bond donors (Lipinski definition) is 1. The van der Waals surface area contributed by atoms with Crippen LogP contribution < -0.4 is 5.73 Å². The molecule has 2 nitrogen and oxygen atoms in total. The molecule has 64 valence electrons. The molecule has 1 aliphatic rings. The van der Waals surface area contributed by atoms with Gasteiger partial charge in [0, 0.05) is 12.0 Å². The first-order valence-corrected chi connectivity index (χ1v) is 4.26. The van der Waals surface area contributed by atoms with Gasteiger partial charge in [0.1, 0.15) is 0 Å². The minimum absolute atomic E-state index is 0.174. The van der Waals surface area contributed by atoms with Crippen LogP contribution in [-0.4, -0.2) is 19.3 Å². The van der Waals surface area contributed by atoms with E-state index in [1.807, 2.05) is 18.2 Å². The largest absolute Gasteiger partial charge is 0.379 e. The molecule has 1 saturated heterocycles. The van der Waals surface area contributed by atoms with Crippen molar-refractivity contribution in [3.8, 4) is 0 Å². The molecule has 2 N–H and O–H groups in total. The molecule has 1 aromatic rings. The smallest absolute Gasteiger partial charge is 0.0624 e. The van der Waals surface area contributed by atoms with E-state index in [1.54, 1.807) is 0 Å². The molecule has 0 spiro atoms. The number of benzene rings is 1. The van der Waals surface area contributed by atoms with Gasteiger partial charge >= 0.3 is 0 Å². The molecule has 12 heavy (non-hydrogen) atoms. The molecule has 0 bridgehead atoms. The average molecular weight is 163 g/mol. The molecular weight excluding hydrogens is 150 g/mol. The lowest BCUT2D eigenvalue weighted by Gasteiger charge is -2.12. The Kier molecular flexibility index (Phi) is 2.11. The SMILES string of the molecule is NC1COC[C@@H]1c1ccccc1. The fourth-order valence-corrected chi connectivity index (χ4v) is 1.61. The van der Waals surface area contributed by atoms with Crippen molar-refractivity contribution in [2.45, 2.75) is 12.0 Å². The van der Waals surface area contributed by atoms with Crippen LogP contribution in [0.5, 0.6) is 0 Å². The molecule has 1 aromatic carbocycles. The summed E-state index contributed by atoms with van der Waals surface area (Å²) < 4.78 is 5.30. The molecule has 0 aliphatic carbocycles. The van der Waals surface area contributed by atoms with Crippen LogP contribution in [0.1, 0.15) is 11.5 Å². The molecule has 1 fully saturated rings. The highest BCUT2D eigenvalue weighted by molar-refractivity contribution is 5.22. The van der Waals surface area contributed by atoms with Gasteiger partial charge in [-0.15, -0.1) is 0 Å². The molecule has 2 heteroatoms. The maximum Gasteiger partial charge on any atom is 0.0624 e. The first-order chi connectivity index (χ1) is 5.88. The van der Waals surface area contributed by atoms with Crippen molar-refractivity contribution < 1.29 is 4.74 Å². The molecule has 2 rings (SSSR count). The summed E-state index contributed by atoms with van der Waals surface area (Å²) in [4.78, 5) is 0. The molecule has 1 heterocycles. The summed E-state index contributed by atoms with van der Waals surface area (Å²) in [6.45, 7) is 1.46. The van der Waals surface area contributed by atoms with Crippen molar-refractivity contribution in [1.29, 1.82) is 0 Å². The molecule has 0 saturated carbocycles. The van der Waals surface area contributed by atoms with Crippen LogP contribution in [0.25, 0.3) is 0 Å². The predicted octanol–water partition coefficient (Wildman–Crippen LogP) is 1.13. The zero-order valence-corrected chi connectivity index (χ0v) is 6.94. The second kappa shape index (κ2) is 3.25. The standard InChI is InChI=1S/C10H13NO/c11-10-7-12-6-9(10)8-4-2-1-3-5-8/h1-5,9-10H,6-7,11H2/t9-,10?/m1/s1. The lowest BCUT2D eigenvalue weighted by atomic mass is 9.95. The highest BCUT2D eigenvalue weighted by atomic mass is 16.5. The molecule has 1 aliphatic heterocycles. The highest BCUT2D eigenvalue weighted by Gasteiger charge is 2.25. The van der Waals surface area contributed by atoms with E-state index in [2.05, 4.69) is 12.1 Å². The molecule has 1 unspecified atom stereocenters. The second-order valence-electron chi connectivity index (χ2n) is 3.22. The topological polar surface area (TPSA) is 35.2 Å². The van der Waals surface area contributed by atoms with Crippen molar-refractivity contribution in [1.82, 2.24) is 0 Å². The van der Waals surface area contributed by atoms with Gasteiger partial charge < -0.3 is 10.5 Å². The van der Waals surface area contributed by atoms with Crippen molar-refractivity contribution in [3.05, 3.63) is 35.9 Å². The molecule has 2 atom stereocenters. The summed E-state index contributed by atoms with van der Waals surface area (Å²) in [6.07, 6.45) is 0. The Morgan fingerprint density at radius 2 is 1.92 bits per heavy atom. The molecule has 0 amide bonds. The lowest BCUT2D eigenvalue weighted by molar-refractivity contribution is 0.191. The Hall–Kier alpha value is -0.860. The number of rotatable bonds is 1. The summed E-state index contributed by atoms with van der Waals surface area (Å²) >= 11 is 0. The van der Waals surface area contributed by atoms with Gasteiger partial charge in [-0.1, -0.05) is 30.3 Å². The van der Waals surface area contributed by atoms with Crippen LogP contribution in [0.3, 0.4) is 0 Å². The predicted molar refractivity (Wildman–Crippen MR) is 48.0 cm³/mol. The summed E-state index contributed by atoms with van der Waals surface area (Å²) in [7, 11) is 0. The first-order valence-electron chi connectivity index (χ1n) is 4.26. The summed E-state index contributed by atoms with van der Waals surface area (Å²) in [5, 5.41) is 0. The van der Waals surface area contributed by atoms with Gasteiger partial charge in [0.2, 0.25) is 0 Å². The maximum atomic E-state index is 5.89. The monoisotopic (exact) mass is 163 g/mol. The van der Waals surface area contributed by atoms with E-state index in [-0.39, 0.29) is 6.04 Å². The lowest BCUT2D eigenvalue weighted by Crippen LogP contribution is -2.26. The van der Waals surface area contributed by atoms with Crippen molar-refractivity contribution in [3.63, 3.8) is 0 Å². The molecule has 0 aromatic heterocycles. The van der Waals surface area contributed by atoms with Gasteiger partial charge in [0.05, 0.1) is 13.2 Å². The van der Waals surface area contributed by atoms with Crippen LogP contribution >= 0.6 is 0 Å². The third-order valence-electron chi connectivity index (χ3n) is 2.35. The number of ether oxygens (including phenoxy) is 1. The van der Waals surface area contributed by atoms with Crippen molar-refractivity contribution in [2.75, 3.05) is 13.2 Å². The Bertz CT molecular complexity index is 247. The molecular formula is C10H13NO. The summed E-state index contributed by atoms with van der Waals surface area (Å²) in [5.74, 6) is 0.395.